The number of carbonyl (C=O) groups is 2. The summed E-state index contributed by atoms with van der Waals surface area (Å²) in [5.74, 6) is -0.514. The predicted octanol–water partition coefficient (Wildman–Crippen LogP) is 6.10. The average molecular weight is 533 g/mol. The predicted molar refractivity (Wildman–Crippen MR) is 145 cm³/mol. The summed E-state index contributed by atoms with van der Waals surface area (Å²) in [6, 6.07) is 9.47. The highest BCUT2D eigenvalue weighted by molar-refractivity contribution is 6.46. The van der Waals surface area contributed by atoms with E-state index in [0.717, 1.165) is 18.7 Å². The maximum atomic E-state index is 13.3. The first-order valence-corrected chi connectivity index (χ1v) is 13.0. The summed E-state index contributed by atoms with van der Waals surface area (Å²) in [6.45, 7) is 13.2. The number of aryl methyl sites for hydroxylation is 1. The van der Waals surface area contributed by atoms with Crippen molar-refractivity contribution in [3.63, 3.8) is 0 Å². The van der Waals surface area contributed by atoms with Crippen LogP contribution in [-0.2, 0) is 9.59 Å². The number of likely N-dealkylation sites (N-methyl/N-ethyl adjacent to an activating group) is 1. The Morgan fingerprint density at radius 3 is 2.36 bits per heavy atom. The van der Waals surface area contributed by atoms with Crippen LogP contribution in [-0.4, -0.2) is 59.4 Å². The fraction of sp³-hybridized carbons (Fsp3) is 0.429. The van der Waals surface area contributed by atoms with E-state index < -0.39 is 17.7 Å². The highest BCUT2D eigenvalue weighted by Crippen LogP contribution is 2.41. The highest BCUT2D eigenvalue weighted by Gasteiger charge is 2.46. The molecule has 36 heavy (non-hydrogen) atoms. The van der Waals surface area contributed by atoms with Crippen LogP contribution in [0.4, 0.5) is 0 Å². The van der Waals surface area contributed by atoms with E-state index in [0.29, 0.717) is 52.5 Å². The van der Waals surface area contributed by atoms with Crippen molar-refractivity contribution in [2.75, 3.05) is 32.8 Å². The third-order valence-electron chi connectivity index (χ3n) is 6.37. The lowest BCUT2D eigenvalue weighted by atomic mass is 9.94. The van der Waals surface area contributed by atoms with Gasteiger partial charge < -0.3 is 19.6 Å². The van der Waals surface area contributed by atoms with Gasteiger partial charge in [0.2, 0.25) is 0 Å². The lowest BCUT2D eigenvalue weighted by Gasteiger charge is -2.28. The fourth-order valence-corrected chi connectivity index (χ4v) is 4.61. The number of rotatable bonds is 10. The number of hydrogen-bond donors (Lipinski definition) is 1. The Kier molecular flexibility index (Phi) is 9.45. The van der Waals surface area contributed by atoms with E-state index in [2.05, 4.69) is 18.7 Å². The van der Waals surface area contributed by atoms with E-state index in [-0.39, 0.29) is 11.3 Å². The molecule has 0 unspecified atom stereocenters. The Labute approximate surface area is 223 Å². The highest BCUT2D eigenvalue weighted by atomic mass is 35.5. The number of nitrogens with zero attached hydrogens (tertiary/aromatic N) is 2. The zero-order valence-corrected chi connectivity index (χ0v) is 23.0. The van der Waals surface area contributed by atoms with Crippen LogP contribution in [0.15, 0.2) is 42.0 Å². The monoisotopic (exact) mass is 532 g/mol. The smallest absolute Gasteiger partial charge is 0.295 e. The molecule has 1 N–H and O–H groups in total. The number of likely N-dealkylation sites (tertiary alicyclic amines) is 1. The third-order valence-corrected chi connectivity index (χ3v) is 7.11. The molecule has 194 valence electrons. The second-order valence-corrected chi connectivity index (χ2v) is 10.2. The molecular formula is C28H34Cl2N2O4. The summed E-state index contributed by atoms with van der Waals surface area (Å²) < 4.78 is 5.85. The second-order valence-electron chi connectivity index (χ2n) is 9.38. The summed E-state index contributed by atoms with van der Waals surface area (Å²) in [6.07, 6.45) is 0. The van der Waals surface area contributed by atoms with E-state index in [1.54, 1.807) is 36.4 Å². The van der Waals surface area contributed by atoms with Crippen LogP contribution in [0.5, 0.6) is 5.75 Å². The molecule has 1 saturated heterocycles. The van der Waals surface area contributed by atoms with E-state index in [1.165, 1.54) is 4.90 Å². The first-order chi connectivity index (χ1) is 17.1. The van der Waals surface area contributed by atoms with Gasteiger partial charge in [0, 0.05) is 18.7 Å². The molecule has 1 aliphatic heterocycles. The normalized spacial score (nSPS) is 17.5. The van der Waals surface area contributed by atoms with Gasteiger partial charge in [-0.25, -0.2) is 0 Å². The minimum atomic E-state index is -0.785. The van der Waals surface area contributed by atoms with Crippen LogP contribution in [0, 0.1) is 12.8 Å². The third kappa shape index (κ3) is 6.05. The topological polar surface area (TPSA) is 70.1 Å². The number of hydrogen-bond acceptors (Lipinski definition) is 5. The van der Waals surface area contributed by atoms with Crippen molar-refractivity contribution in [3.05, 3.63) is 68.7 Å². The lowest BCUT2D eigenvalue weighted by Crippen LogP contribution is -2.38. The number of aliphatic hydroxyl groups excluding tert-OH is 1. The largest absolute Gasteiger partial charge is 0.507 e. The van der Waals surface area contributed by atoms with Gasteiger partial charge >= 0.3 is 0 Å². The van der Waals surface area contributed by atoms with Crippen LogP contribution < -0.4 is 4.74 Å². The van der Waals surface area contributed by atoms with Gasteiger partial charge in [-0.05, 0) is 67.4 Å². The van der Waals surface area contributed by atoms with Gasteiger partial charge in [-0.3, -0.25) is 9.59 Å². The molecule has 1 heterocycles. The molecule has 3 rings (SSSR count). The number of halogens is 2. The van der Waals surface area contributed by atoms with Crippen molar-refractivity contribution in [2.45, 2.75) is 40.7 Å². The summed E-state index contributed by atoms with van der Waals surface area (Å²) >= 11 is 12.4. The van der Waals surface area contributed by atoms with Crippen molar-refractivity contribution in [2.24, 2.45) is 5.92 Å². The fourth-order valence-electron chi connectivity index (χ4n) is 4.30. The molecule has 6 nitrogen and oxygen atoms in total. The Bertz CT molecular complexity index is 1160. The van der Waals surface area contributed by atoms with Gasteiger partial charge in [0.05, 0.1) is 28.3 Å². The van der Waals surface area contributed by atoms with Gasteiger partial charge in [-0.15, -0.1) is 0 Å². The van der Waals surface area contributed by atoms with E-state index in [4.69, 9.17) is 27.9 Å². The molecule has 1 atom stereocenters. The van der Waals surface area contributed by atoms with E-state index in [1.807, 2.05) is 20.8 Å². The number of ketones is 1. The molecule has 0 bridgehead atoms. The number of benzene rings is 2. The van der Waals surface area contributed by atoms with Crippen molar-refractivity contribution in [3.8, 4) is 5.75 Å². The molecule has 1 amide bonds. The van der Waals surface area contributed by atoms with E-state index >= 15 is 0 Å². The molecule has 0 aliphatic carbocycles. The molecule has 0 aromatic heterocycles. The minimum absolute atomic E-state index is 0.0354. The number of ether oxygens (including phenoxy) is 1. The zero-order valence-electron chi connectivity index (χ0n) is 21.5. The molecular weight excluding hydrogens is 499 g/mol. The molecule has 2 aromatic rings. The summed E-state index contributed by atoms with van der Waals surface area (Å²) in [4.78, 5) is 30.1. The number of Topliss-reactive ketones (excluding diaryl/α,β-unsaturated/α-hetero) is 1. The number of carbonyl (C=O) groups excluding carboxylic acids is 2. The summed E-state index contributed by atoms with van der Waals surface area (Å²) in [5, 5.41) is 12.0. The molecule has 8 heteroatoms. The van der Waals surface area contributed by atoms with Crippen molar-refractivity contribution >= 4 is 40.7 Å². The van der Waals surface area contributed by atoms with Crippen LogP contribution in [0.3, 0.4) is 0 Å². The maximum absolute atomic E-state index is 13.3. The van der Waals surface area contributed by atoms with Gasteiger partial charge in [0.15, 0.2) is 0 Å². The Morgan fingerprint density at radius 2 is 1.78 bits per heavy atom. The number of aliphatic hydroxyl groups is 1. The molecule has 2 aromatic carbocycles. The molecule has 0 saturated carbocycles. The van der Waals surface area contributed by atoms with E-state index in [9.17, 15) is 14.7 Å². The summed E-state index contributed by atoms with van der Waals surface area (Å²) in [7, 11) is 0. The Hall–Kier alpha value is -2.54. The standard InChI is InChI=1S/C28H34Cl2N2O4/c1-6-31(7-2)12-13-32-25(19-8-10-21(29)22(30)15-19)24(27(34)28(32)35)26(33)20-9-11-23(18(5)14-20)36-16-17(3)4/h8-11,14-15,17,25,33H,6-7,12-13,16H2,1-5H3/t25-/m1/s1. The second kappa shape index (κ2) is 12.1. The first-order valence-electron chi connectivity index (χ1n) is 12.3. The number of amides is 1. The first kappa shape index (κ1) is 28.0. The Morgan fingerprint density at radius 1 is 1.08 bits per heavy atom. The lowest BCUT2D eigenvalue weighted by molar-refractivity contribution is -0.140. The molecule has 1 fully saturated rings. The van der Waals surface area contributed by atoms with Crippen molar-refractivity contribution in [1.29, 1.82) is 0 Å². The SMILES string of the molecule is CCN(CC)CCN1C(=O)C(=O)C(=C(O)c2ccc(OCC(C)C)c(C)c2)[C@H]1c1ccc(Cl)c(Cl)c1. The van der Waals surface area contributed by atoms with Gasteiger partial charge in [0.25, 0.3) is 11.7 Å². The van der Waals surface area contributed by atoms with Crippen LogP contribution >= 0.6 is 23.2 Å². The van der Waals surface area contributed by atoms with Crippen LogP contribution in [0.2, 0.25) is 10.0 Å². The van der Waals surface area contributed by atoms with Crippen molar-refractivity contribution in [1.82, 2.24) is 9.80 Å². The minimum Gasteiger partial charge on any atom is -0.507 e. The quantitative estimate of drug-likeness (QED) is 0.227. The van der Waals surface area contributed by atoms with Gasteiger partial charge in [0.1, 0.15) is 11.5 Å². The maximum Gasteiger partial charge on any atom is 0.295 e. The zero-order chi connectivity index (χ0) is 26.6. The Balaban J connectivity index is 2.08. The molecule has 1 aliphatic rings. The van der Waals surface area contributed by atoms with Gasteiger partial charge in [-0.2, -0.15) is 0 Å². The average Bonchev–Trinajstić information content (AvgIpc) is 3.10. The van der Waals surface area contributed by atoms with Crippen LogP contribution in [0.25, 0.3) is 5.76 Å². The molecule has 0 spiro atoms. The molecule has 0 radical (unpaired) electrons. The van der Waals surface area contributed by atoms with Crippen molar-refractivity contribution < 1.29 is 19.4 Å². The van der Waals surface area contributed by atoms with Crippen LogP contribution in [0.1, 0.15) is 50.4 Å². The van der Waals surface area contributed by atoms with Gasteiger partial charge in [-0.1, -0.05) is 57.0 Å². The summed E-state index contributed by atoms with van der Waals surface area (Å²) in [5.41, 5.74) is 1.91.